The Balaban J connectivity index is 2.26. The van der Waals surface area contributed by atoms with Crippen molar-refractivity contribution in [3.8, 4) is 11.6 Å². The molecule has 2 rings (SSSR count). The molecule has 1 heterocycles. The molecule has 110 valence electrons. The molecule has 0 bridgehead atoms. The Labute approximate surface area is 126 Å². The third-order valence-electron chi connectivity index (χ3n) is 3.03. The third kappa shape index (κ3) is 3.68. The van der Waals surface area contributed by atoms with Crippen LogP contribution in [0.25, 0.3) is 0 Å². The first-order valence-corrected chi connectivity index (χ1v) is 6.64. The maximum absolute atomic E-state index is 11.0. The lowest BCUT2D eigenvalue weighted by Crippen LogP contribution is -2.12. The molecule has 0 fully saturated rings. The summed E-state index contributed by atoms with van der Waals surface area (Å²) in [5, 5.41) is 14.4. The molecule has 1 N–H and O–H groups in total. The minimum absolute atomic E-state index is 0.0643. The summed E-state index contributed by atoms with van der Waals surface area (Å²) in [4.78, 5) is 14.6. The first-order valence-electron chi connectivity index (χ1n) is 6.26. The van der Waals surface area contributed by atoms with Crippen LogP contribution in [-0.4, -0.2) is 17.0 Å². The number of hydrogen-bond donors (Lipinski definition) is 1. The van der Waals surface area contributed by atoms with Gasteiger partial charge in [-0.05, 0) is 25.6 Å². The fourth-order valence-corrected chi connectivity index (χ4v) is 1.87. The second-order valence-electron chi connectivity index (χ2n) is 4.41. The van der Waals surface area contributed by atoms with Crippen LogP contribution >= 0.6 is 11.6 Å². The van der Waals surface area contributed by atoms with Crippen LogP contribution in [0.1, 0.15) is 18.5 Å². The van der Waals surface area contributed by atoms with Crippen LogP contribution in [0.2, 0.25) is 5.02 Å². The van der Waals surface area contributed by atoms with Gasteiger partial charge in [0.25, 0.3) is 0 Å². The summed E-state index contributed by atoms with van der Waals surface area (Å²) in [6.07, 6.45) is 1.66. The van der Waals surface area contributed by atoms with Crippen molar-refractivity contribution in [1.29, 1.82) is 0 Å². The van der Waals surface area contributed by atoms with E-state index in [1.54, 1.807) is 12.3 Å². The molecule has 0 saturated carbocycles. The number of nitrogens with one attached hydrogen (secondary N) is 1. The zero-order valence-electron chi connectivity index (χ0n) is 11.5. The predicted octanol–water partition coefficient (Wildman–Crippen LogP) is 3.72. The van der Waals surface area contributed by atoms with E-state index in [1.165, 1.54) is 18.2 Å². The van der Waals surface area contributed by atoms with Gasteiger partial charge in [0, 0.05) is 35.5 Å². The van der Waals surface area contributed by atoms with Gasteiger partial charge in [-0.1, -0.05) is 17.7 Å². The highest BCUT2D eigenvalue weighted by molar-refractivity contribution is 6.30. The third-order valence-corrected chi connectivity index (χ3v) is 3.26. The largest absolute Gasteiger partial charge is 0.432 e. The molecular formula is C14H14ClN3O3. The quantitative estimate of drug-likeness (QED) is 0.673. The van der Waals surface area contributed by atoms with Gasteiger partial charge in [0.15, 0.2) is 0 Å². The maximum Gasteiger partial charge on any atom is 0.311 e. The highest BCUT2D eigenvalue weighted by atomic mass is 35.5. The minimum Gasteiger partial charge on any atom is -0.432 e. The fraction of sp³-hybridized carbons (Fsp3) is 0.214. The highest BCUT2D eigenvalue weighted by Crippen LogP contribution is 2.33. The Bertz CT molecular complexity index is 646. The Morgan fingerprint density at radius 2 is 2.14 bits per heavy atom. The predicted molar refractivity (Wildman–Crippen MR) is 79.9 cm³/mol. The average molecular weight is 308 g/mol. The van der Waals surface area contributed by atoms with E-state index in [2.05, 4.69) is 10.3 Å². The van der Waals surface area contributed by atoms with Crippen LogP contribution in [0.4, 0.5) is 5.69 Å². The lowest BCUT2D eigenvalue weighted by Gasteiger charge is -2.11. The molecule has 2 aromatic rings. The molecule has 0 saturated heterocycles. The number of halogens is 1. The summed E-state index contributed by atoms with van der Waals surface area (Å²) in [5.41, 5.74) is 0.833. The van der Waals surface area contributed by atoms with Crippen LogP contribution < -0.4 is 10.1 Å². The van der Waals surface area contributed by atoms with Crippen molar-refractivity contribution < 1.29 is 9.66 Å². The summed E-state index contributed by atoms with van der Waals surface area (Å²) in [7, 11) is 1.85. The van der Waals surface area contributed by atoms with Gasteiger partial charge in [-0.3, -0.25) is 10.1 Å². The van der Waals surface area contributed by atoms with Gasteiger partial charge in [-0.2, -0.15) is 0 Å². The topological polar surface area (TPSA) is 77.3 Å². The fourth-order valence-electron chi connectivity index (χ4n) is 1.71. The molecule has 0 amide bonds. The summed E-state index contributed by atoms with van der Waals surface area (Å²) in [6.45, 7) is 2.00. The molecule has 7 heteroatoms. The van der Waals surface area contributed by atoms with E-state index >= 15 is 0 Å². The van der Waals surface area contributed by atoms with E-state index in [4.69, 9.17) is 16.3 Å². The standard InChI is InChI=1S/C14H14ClN3O3/c1-9(16-2)10-3-6-14(17-8-10)21-13-7-11(15)4-5-12(13)18(19)20/h3-9,16H,1-2H3. The van der Waals surface area contributed by atoms with Crippen molar-refractivity contribution in [3.05, 3.63) is 57.2 Å². The molecule has 1 aromatic carbocycles. The Hall–Kier alpha value is -2.18. The molecule has 1 atom stereocenters. The van der Waals surface area contributed by atoms with Crippen LogP contribution in [0.5, 0.6) is 11.6 Å². The second-order valence-corrected chi connectivity index (χ2v) is 4.85. The van der Waals surface area contributed by atoms with E-state index in [0.29, 0.717) is 5.02 Å². The van der Waals surface area contributed by atoms with Crippen molar-refractivity contribution in [3.63, 3.8) is 0 Å². The van der Waals surface area contributed by atoms with Gasteiger partial charge >= 0.3 is 5.69 Å². The molecule has 21 heavy (non-hydrogen) atoms. The number of nitro benzene ring substituents is 1. The number of pyridine rings is 1. The Morgan fingerprint density at radius 3 is 2.71 bits per heavy atom. The van der Waals surface area contributed by atoms with Gasteiger partial charge in [0.1, 0.15) is 0 Å². The van der Waals surface area contributed by atoms with Crippen molar-refractivity contribution in [2.24, 2.45) is 0 Å². The summed E-state index contributed by atoms with van der Waals surface area (Å²) >= 11 is 5.84. The maximum atomic E-state index is 11.0. The van der Waals surface area contributed by atoms with Crippen LogP contribution in [0, 0.1) is 10.1 Å². The summed E-state index contributed by atoms with van der Waals surface area (Å²) in [6, 6.07) is 7.80. The summed E-state index contributed by atoms with van der Waals surface area (Å²) in [5.74, 6) is 0.335. The lowest BCUT2D eigenvalue weighted by atomic mass is 10.1. The van der Waals surface area contributed by atoms with E-state index in [-0.39, 0.29) is 23.4 Å². The number of hydrogen-bond acceptors (Lipinski definition) is 5. The zero-order chi connectivity index (χ0) is 15.4. The molecule has 0 radical (unpaired) electrons. The van der Waals surface area contributed by atoms with Crippen molar-refractivity contribution in [2.75, 3.05) is 7.05 Å². The van der Waals surface area contributed by atoms with Crippen molar-refractivity contribution in [1.82, 2.24) is 10.3 Å². The Kier molecular flexibility index (Phi) is 4.72. The molecule has 0 aliphatic rings. The van der Waals surface area contributed by atoms with Crippen LogP contribution in [-0.2, 0) is 0 Å². The van der Waals surface area contributed by atoms with Crippen molar-refractivity contribution in [2.45, 2.75) is 13.0 Å². The van der Waals surface area contributed by atoms with Crippen LogP contribution in [0.3, 0.4) is 0 Å². The number of nitro groups is 1. The normalized spacial score (nSPS) is 12.0. The van der Waals surface area contributed by atoms with Gasteiger partial charge in [-0.15, -0.1) is 0 Å². The molecule has 1 aromatic heterocycles. The first-order chi connectivity index (χ1) is 10.0. The lowest BCUT2D eigenvalue weighted by molar-refractivity contribution is -0.385. The number of nitrogens with zero attached hydrogens (tertiary/aromatic N) is 2. The van der Waals surface area contributed by atoms with Gasteiger partial charge in [0.2, 0.25) is 11.6 Å². The second kappa shape index (κ2) is 6.51. The number of rotatable bonds is 5. The minimum atomic E-state index is -0.525. The van der Waals surface area contributed by atoms with E-state index in [9.17, 15) is 10.1 Å². The Morgan fingerprint density at radius 1 is 1.38 bits per heavy atom. The average Bonchev–Trinajstić information content (AvgIpc) is 2.47. The smallest absolute Gasteiger partial charge is 0.311 e. The SMILES string of the molecule is CNC(C)c1ccc(Oc2cc(Cl)ccc2[N+](=O)[O-])nc1. The van der Waals surface area contributed by atoms with Gasteiger partial charge < -0.3 is 10.1 Å². The molecule has 0 aliphatic heterocycles. The molecule has 1 unspecified atom stereocenters. The van der Waals surface area contributed by atoms with E-state index in [0.717, 1.165) is 5.56 Å². The molecule has 6 nitrogen and oxygen atoms in total. The molecule has 0 aliphatic carbocycles. The zero-order valence-corrected chi connectivity index (χ0v) is 12.3. The number of benzene rings is 1. The molecule has 0 spiro atoms. The van der Waals surface area contributed by atoms with Gasteiger partial charge in [-0.25, -0.2) is 4.98 Å². The number of ether oxygens (including phenoxy) is 1. The van der Waals surface area contributed by atoms with E-state index < -0.39 is 4.92 Å². The van der Waals surface area contributed by atoms with E-state index in [1.807, 2.05) is 20.0 Å². The monoisotopic (exact) mass is 307 g/mol. The van der Waals surface area contributed by atoms with Crippen molar-refractivity contribution >= 4 is 17.3 Å². The highest BCUT2D eigenvalue weighted by Gasteiger charge is 2.16. The van der Waals surface area contributed by atoms with Crippen LogP contribution in [0.15, 0.2) is 36.5 Å². The van der Waals surface area contributed by atoms with Gasteiger partial charge in [0.05, 0.1) is 4.92 Å². The summed E-state index contributed by atoms with van der Waals surface area (Å²) < 4.78 is 5.46. The number of aromatic nitrogens is 1. The molecular weight excluding hydrogens is 294 g/mol. The first kappa shape index (κ1) is 15.2.